The maximum Gasteiger partial charge on any atom is 0.246 e. The van der Waals surface area contributed by atoms with E-state index in [4.69, 9.17) is 0 Å². The quantitative estimate of drug-likeness (QED) is 0.905. The van der Waals surface area contributed by atoms with Gasteiger partial charge >= 0.3 is 0 Å². The summed E-state index contributed by atoms with van der Waals surface area (Å²) >= 11 is 1.34. The van der Waals surface area contributed by atoms with E-state index in [2.05, 4.69) is 10.3 Å². The van der Waals surface area contributed by atoms with Crippen LogP contribution in [0, 0.1) is 13.8 Å². The lowest BCUT2D eigenvalue weighted by Crippen LogP contribution is -2.37. The van der Waals surface area contributed by atoms with Crippen LogP contribution in [0.5, 0.6) is 0 Å². The van der Waals surface area contributed by atoms with Crippen molar-refractivity contribution in [2.75, 3.05) is 22.4 Å². The van der Waals surface area contributed by atoms with Crippen LogP contribution in [-0.4, -0.2) is 32.1 Å². The van der Waals surface area contributed by atoms with Gasteiger partial charge in [-0.05, 0) is 25.5 Å². The average Bonchev–Trinajstić information content (AvgIpc) is 2.81. The second-order valence-corrected chi connectivity index (χ2v) is 8.02. The summed E-state index contributed by atoms with van der Waals surface area (Å²) in [6.45, 7) is 3.39. The Morgan fingerprint density at radius 1 is 1.32 bits per heavy atom. The van der Waals surface area contributed by atoms with E-state index in [1.54, 1.807) is 31.3 Å². The van der Waals surface area contributed by atoms with E-state index in [0.717, 1.165) is 21.0 Å². The Kier molecular flexibility index (Phi) is 4.82. The summed E-state index contributed by atoms with van der Waals surface area (Å²) in [6.07, 6.45) is 2.73. The molecule has 2 aromatic rings. The topological polar surface area (TPSA) is 79.4 Å². The van der Waals surface area contributed by atoms with Crippen LogP contribution in [0.25, 0.3) is 0 Å². The van der Waals surface area contributed by atoms with Crippen LogP contribution in [0.15, 0.2) is 30.5 Å². The summed E-state index contributed by atoms with van der Waals surface area (Å²) in [5.41, 5.74) is 1.28. The molecule has 118 valence electrons. The van der Waals surface area contributed by atoms with E-state index in [-0.39, 0.29) is 6.54 Å². The molecule has 0 spiro atoms. The van der Waals surface area contributed by atoms with Crippen molar-refractivity contribution >= 4 is 38.1 Å². The number of anilines is 2. The Hall–Kier alpha value is -1.93. The first-order valence-corrected chi connectivity index (χ1v) is 9.19. The number of benzene rings is 1. The number of hydrogen-bond acceptors (Lipinski definition) is 5. The highest BCUT2D eigenvalue weighted by molar-refractivity contribution is 7.92. The van der Waals surface area contributed by atoms with Gasteiger partial charge in [0.2, 0.25) is 15.9 Å². The predicted octanol–water partition coefficient (Wildman–Crippen LogP) is 2.16. The van der Waals surface area contributed by atoms with Crippen LogP contribution in [0.3, 0.4) is 0 Å². The lowest BCUT2D eigenvalue weighted by molar-refractivity contribution is -0.114. The molecule has 2 rings (SSSR count). The molecule has 0 saturated carbocycles. The summed E-state index contributed by atoms with van der Waals surface area (Å²) in [7, 11) is -3.57. The number of rotatable bonds is 5. The molecule has 22 heavy (non-hydrogen) atoms. The molecule has 0 bridgehead atoms. The zero-order chi connectivity index (χ0) is 16.3. The number of para-hydroxylation sites is 1. The second kappa shape index (κ2) is 6.45. The minimum Gasteiger partial charge on any atom is -0.300 e. The van der Waals surface area contributed by atoms with Crippen molar-refractivity contribution < 1.29 is 13.2 Å². The molecule has 0 unspecified atom stereocenters. The lowest BCUT2D eigenvalue weighted by Gasteiger charge is -2.23. The first-order chi connectivity index (χ1) is 10.3. The van der Waals surface area contributed by atoms with E-state index < -0.39 is 15.9 Å². The normalized spacial score (nSPS) is 11.2. The minimum atomic E-state index is -3.57. The number of hydrogen-bond donors (Lipinski definition) is 1. The molecule has 0 radical (unpaired) electrons. The zero-order valence-corrected chi connectivity index (χ0v) is 14.2. The van der Waals surface area contributed by atoms with Gasteiger partial charge in [0, 0.05) is 11.1 Å². The molecule has 0 atom stereocenters. The molecule has 1 amide bonds. The van der Waals surface area contributed by atoms with E-state index in [1.165, 1.54) is 11.3 Å². The molecular formula is C14H17N3O3S2. The SMILES string of the molecule is Cc1cnc(NC(=O)CN(c2ccccc2C)S(C)(=O)=O)s1. The van der Waals surface area contributed by atoms with Crippen molar-refractivity contribution in [2.24, 2.45) is 0 Å². The van der Waals surface area contributed by atoms with Crippen LogP contribution in [-0.2, 0) is 14.8 Å². The molecule has 1 aromatic heterocycles. The smallest absolute Gasteiger partial charge is 0.246 e. The highest BCUT2D eigenvalue weighted by atomic mass is 32.2. The van der Waals surface area contributed by atoms with Gasteiger partial charge < -0.3 is 5.32 Å². The second-order valence-electron chi connectivity index (χ2n) is 4.88. The maximum absolute atomic E-state index is 12.1. The molecule has 0 fully saturated rings. The van der Waals surface area contributed by atoms with Crippen LogP contribution in [0.1, 0.15) is 10.4 Å². The number of aryl methyl sites for hydroxylation is 2. The Balaban J connectivity index is 2.21. The number of carbonyl (C=O) groups excluding carboxylic acids is 1. The third-order valence-electron chi connectivity index (χ3n) is 2.94. The van der Waals surface area contributed by atoms with Crippen molar-refractivity contribution in [3.8, 4) is 0 Å². The number of carbonyl (C=O) groups is 1. The Labute approximate surface area is 133 Å². The van der Waals surface area contributed by atoms with Crippen molar-refractivity contribution in [1.82, 2.24) is 4.98 Å². The number of aromatic nitrogens is 1. The highest BCUT2D eigenvalue weighted by Crippen LogP contribution is 2.22. The molecule has 1 N–H and O–H groups in total. The number of thiazole rings is 1. The number of amides is 1. The zero-order valence-electron chi connectivity index (χ0n) is 12.5. The van der Waals surface area contributed by atoms with Crippen molar-refractivity contribution in [3.05, 3.63) is 40.9 Å². The summed E-state index contributed by atoms with van der Waals surface area (Å²) in [5.74, 6) is -0.428. The van der Waals surface area contributed by atoms with E-state index >= 15 is 0 Å². The van der Waals surface area contributed by atoms with Crippen molar-refractivity contribution in [3.63, 3.8) is 0 Å². The molecule has 0 aliphatic rings. The molecule has 8 heteroatoms. The highest BCUT2D eigenvalue weighted by Gasteiger charge is 2.22. The minimum absolute atomic E-state index is 0.289. The van der Waals surface area contributed by atoms with Crippen LogP contribution in [0.2, 0.25) is 0 Å². The average molecular weight is 339 g/mol. The number of nitrogens with one attached hydrogen (secondary N) is 1. The fourth-order valence-electron chi connectivity index (χ4n) is 1.93. The van der Waals surface area contributed by atoms with Gasteiger partial charge in [0.25, 0.3) is 0 Å². The van der Waals surface area contributed by atoms with Gasteiger partial charge in [-0.25, -0.2) is 13.4 Å². The summed E-state index contributed by atoms with van der Waals surface area (Å²) in [6, 6.07) is 7.03. The molecule has 6 nitrogen and oxygen atoms in total. The third-order valence-corrected chi connectivity index (χ3v) is 4.89. The van der Waals surface area contributed by atoms with Gasteiger partial charge in [0.05, 0.1) is 11.9 Å². The fourth-order valence-corrected chi connectivity index (χ4v) is 3.52. The van der Waals surface area contributed by atoms with Crippen LogP contribution >= 0.6 is 11.3 Å². The number of sulfonamides is 1. The molecular weight excluding hydrogens is 322 g/mol. The molecule has 1 aromatic carbocycles. The van der Waals surface area contributed by atoms with Gasteiger partial charge in [0.15, 0.2) is 5.13 Å². The van der Waals surface area contributed by atoms with Gasteiger partial charge in [-0.2, -0.15) is 0 Å². The standard InChI is InChI=1S/C14H17N3O3S2/c1-10-6-4-5-7-12(10)17(22(3,19)20)9-13(18)16-14-15-8-11(2)21-14/h4-8H,9H2,1-3H3,(H,15,16,18). The summed E-state index contributed by atoms with van der Waals surface area (Å²) < 4.78 is 25.1. The molecule has 0 saturated heterocycles. The van der Waals surface area contributed by atoms with Crippen molar-refractivity contribution in [1.29, 1.82) is 0 Å². The summed E-state index contributed by atoms with van der Waals surface area (Å²) in [4.78, 5) is 17.1. The molecule has 0 aliphatic heterocycles. The lowest BCUT2D eigenvalue weighted by atomic mass is 10.2. The van der Waals surface area contributed by atoms with Gasteiger partial charge in [-0.1, -0.05) is 18.2 Å². The van der Waals surface area contributed by atoms with E-state index in [0.29, 0.717) is 10.8 Å². The van der Waals surface area contributed by atoms with Crippen LogP contribution in [0.4, 0.5) is 10.8 Å². The Morgan fingerprint density at radius 2 is 2.00 bits per heavy atom. The van der Waals surface area contributed by atoms with Gasteiger partial charge in [0.1, 0.15) is 6.54 Å². The van der Waals surface area contributed by atoms with Crippen LogP contribution < -0.4 is 9.62 Å². The fraction of sp³-hybridized carbons (Fsp3) is 0.286. The molecule has 0 aliphatic carbocycles. The maximum atomic E-state index is 12.1. The summed E-state index contributed by atoms with van der Waals surface area (Å²) in [5, 5.41) is 3.08. The Bertz CT molecular complexity index is 784. The Morgan fingerprint density at radius 3 is 2.55 bits per heavy atom. The predicted molar refractivity (Wildman–Crippen MR) is 88.8 cm³/mol. The largest absolute Gasteiger partial charge is 0.300 e. The van der Waals surface area contributed by atoms with E-state index in [1.807, 2.05) is 13.0 Å². The van der Waals surface area contributed by atoms with Gasteiger partial charge in [-0.3, -0.25) is 9.10 Å². The van der Waals surface area contributed by atoms with Crippen molar-refractivity contribution in [2.45, 2.75) is 13.8 Å². The first-order valence-electron chi connectivity index (χ1n) is 6.53. The monoisotopic (exact) mass is 339 g/mol. The third kappa shape index (κ3) is 4.05. The molecule has 1 heterocycles. The first kappa shape index (κ1) is 16.4. The van der Waals surface area contributed by atoms with E-state index in [9.17, 15) is 13.2 Å². The number of nitrogens with zero attached hydrogens (tertiary/aromatic N) is 2. The van der Waals surface area contributed by atoms with Gasteiger partial charge in [-0.15, -0.1) is 11.3 Å².